The van der Waals surface area contributed by atoms with E-state index in [0.717, 1.165) is 10.7 Å². The van der Waals surface area contributed by atoms with Gasteiger partial charge < -0.3 is 4.79 Å². The highest BCUT2D eigenvalue weighted by Crippen LogP contribution is 2.30. The summed E-state index contributed by atoms with van der Waals surface area (Å²) in [6.45, 7) is 5.00. The Morgan fingerprint density at radius 1 is 1.50 bits per heavy atom. The van der Waals surface area contributed by atoms with E-state index in [1.54, 1.807) is 5.38 Å². The normalized spacial score (nSPS) is 13.2. The van der Waals surface area contributed by atoms with E-state index in [0.29, 0.717) is 17.0 Å². The molecule has 0 saturated carbocycles. The number of aromatic nitrogens is 3. The minimum absolute atomic E-state index is 0.241. The summed E-state index contributed by atoms with van der Waals surface area (Å²) < 4.78 is 38.9. The van der Waals surface area contributed by atoms with Gasteiger partial charge in [0, 0.05) is 11.1 Å². The molecule has 106 valence electrons. The lowest BCUT2D eigenvalue weighted by Crippen LogP contribution is -2.16. The smallest absolute Gasteiger partial charge is 0.300 e. The number of thiazole rings is 1. The van der Waals surface area contributed by atoms with Crippen molar-refractivity contribution in [3.05, 3.63) is 40.1 Å². The first kappa shape index (κ1) is 14.4. The van der Waals surface area contributed by atoms with Crippen LogP contribution in [-0.4, -0.2) is 21.1 Å². The van der Waals surface area contributed by atoms with Crippen LogP contribution in [0.1, 0.15) is 28.1 Å². The summed E-state index contributed by atoms with van der Waals surface area (Å²) >= 11 is 1.17. The fraction of sp³-hybridized carbons (Fsp3) is 0.250. The van der Waals surface area contributed by atoms with Crippen molar-refractivity contribution >= 4 is 23.7 Å². The number of carbonyl (C=O) groups is 1. The molecule has 1 unspecified atom stereocenters. The maximum atomic E-state index is 12.6. The number of hydrogen-bond donors (Lipinski definition) is 0. The van der Waals surface area contributed by atoms with E-state index in [1.807, 2.05) is 0 Å². The molecule has 2 rings (SSSR count). The van der Waals surface area contributed by atoms with Gasteiger partial charge >= 0.3 is 6.18 Å². The predicted octanol–water partition coefficient (Wildman–Crippen LogP) is 3.10. The van der Waals surface area contributed by atoms with Crippen molar-refractivity contribution in [2.75, 3.05) is 0 Å². The molecule has 2 aromatic heterocycles. The summed E-state index contributed by atoms with van der Waals surface area (Å²) in [4.78, 5) is 15.3. The van der Waals surface area contributed by atoms with Crippen molar-refractivity contribution in [1.82, 2.24) is 14.8 Å². The molecular weight excluding hydrogens is 291 g/mol. The average Bonchev–Trinajstić information content (AvgIpc) is 2.98. The number of hydrogen-bond acceptors (Lipinski definition) is 4. The molecule has 20 heavy (non-hydrogen) atoms. The van der Waals surface area contributed by atoms with Crippen LogP contribution in [0.2, 0.25) is 0 Å². The van der Waals surface area contributed by atoms with Crippen LogP contribution in [0.15, 0.2) is 18.0 Å². The number of aldehydes is 1. The summed E-state index contributed by atoms with van der Waals surface area (Å²) in [5, 5.41) is 5.50. The molecule has 0 aliphatic carbocycles. The zero-order chi connectivity index (χ0) is 14.9. The highest BCUT2D eigenvalue weighted by Gasteiger charge is 2.35. The predicted molar refractivity (Wildman–Crippen MR) is 68.4 cm³/mol. The molecular formula is C12H10F3N3OS. The van der Waals surface area contributed by atoms with Crippen molar-refractivity contribution in [1.29, 1.82) is 0 Å². The molecule has 0 radical (unpaired) electrons. The van der Waals surface area contributed by atoms with Gasteiger partial charge in [-0.05, 0) is 19.1 Å². The van der Waals surface area contributed by atoms with E-state index in [2.05, 4.69) is 16.7 Å². The second-order valence-electron chi connectivity index (χ2n) is 4.01. The zero-order valence-corrected chi connectivity index (χ0v) is 11.2. The molecule has 2 aromatic rings. The van der Waals surface area contributed by atoms with Gasteiger partial charge in [-0.15, -0.1) is 11.3 Å². The van der Waals surface area contributed by atoms with E-state index in [9.17, 15) is 18.0 Å². The number of alkyl halides is 3. The summed E-state index contributed by atoms with van der Waals surface area (Å²) in [6, 6.07) is -0.0665. The number of rotatable bonds is 4. The first-order valence-electron chi connectivity index (χ1n) is 5.53. The van der Waals surface area contributed by atoms with Crippen LogP contribution in [0.4, 0.5) is 13.2 Å². The molecule has 8 heteroatoms. The Hall–Kier alpha value is -1.96. The Morgan fingerprint density at radius 3 is 2.65 bits per heavy atom. The summed E-state index contributed by atoms with van der Waals surface area (Å²) in [5.74, 6) is 0. The van der Waals surface area contributed by atoms with Crippen molar-refractivity contribution in [2.45, 2.75) is 19.1 Å². The molecule has 4 nitrogen and oxygen atoms in total. The zero-order valence-electron chi connectivity index (χ0n) is 10.4. The van der Waals surface area contributed by atoms with Crippen LogP contribution in [0.3, 0.4) is 0 Å². The van der Waals surface area contributed by atoms with Gasteiger partial charge in [0.2, 0.25) is 0 Å². The summed E-state index contributed by atoms with van der Waals surface area (Å²) in [5.41, 5.74) is -0.218. The lowest BCUT2D eigenvalue weighted by Gasteiger charge is -2.10. The van der Waals surface area contributed by atoms with E-state index < -0.39 is 17.9 Å². The van der Waals surface area contributed by atoms with Crippen molar-refractivity contribution in [3.8, 4) is 0 Å². The largest absolute Gasteiger partial charge is 0.435 e. The number of nitrogens with zero attached hydrogens (tertiary/aromatic N) is 3. The van der Waals surface area contributed by atoms with Crippen LogP contribution in [-0.2, 0) is 11.0 Å². The minimum atomic E-state index is -4.54. The average molecular weight is 301 g/mol. The highest BCUT2D eigenvalue weighted by atomic mass is 32.1. The van der Waals surface area contributed by atoms with Gasteiger partial charge in [-0.2, -0.15) is 18.3 Å². The molecule has 0 aliphatic rings. The molecule has 0 fully saturated rings. The SMILES string of the molecule is C=Cc1csc(C(C=O)n2nc(C(F)(F)F)cc2C)n1. The van der Waals surface area contributed by atoms with E-state index in [-0.39, 0.29) is 5.69 Å². The quantitative estimate of drug-likeness (QED) is 0.815. The maximum Gasteiger partial charge on any atom is 0.435 e. The molecule has 1 atom stereocenters. The van der Waals surface area contributed by atoms with Gasteiger partial charge in [0.15, 0.2) is 18.0 Å². The minimum Gasteiger partial charge on any atom is -0.300 e. The van der Waals surface area contributed by atoms with Crippen LogP contribution in [0, 0.1) is 6.92 Å². The van der Waals surface area contributed by atoms with Gasteiger partial charge in [-0.3, -0.25) is 4.68 Å². The Balaban J connectivity index is 2.44. The Labute approximate surface area is 116 Å². The second kappa shape index (κ2) is 5.20. The molecule has 0 bridgehead atoms. The Kier molecular flexibility index (Phi) is 3.76. The standard InChI is InChI=1S/C12H10F3N3OS/c1-3-8-6-20-11(16-8)9(5-19)18-7(2)4-10(17-18)12(13,14)15/h3-6,9H,1H2,2H3. The molecule has 0 aliphatic heterocycles. The maximum absolute atomic E-state index is 12.6. The van der Waals surface area contributed by atoms with Gasteiger partial charge in [-0.1, -0.05) is 6.58 Å². The molecule has 0 aromatic carbocycles. The highest BCUT2D eigenvalue weighted by molar-refractivity contribution is 7.09. The summed E-state index contributed by atoms with van der Waals surface area (Å²) in [7, 11) is 0. The number of halogens is 3. The Bertz CT molecular complexity index is 645. The number of carbonyl (C=O) groups excluding carboxylic acids is 1. The molecule has 0 amide bonds. The van der Waals surface area contributed by atoms with Crippen molar-refractivity contribution < 1.29 is 18.0 Å². The topological polar surface area (TPSA) is 47.8 Å². The van der Waals surface area contributed by atoms with Crippen molar-refractivity contribution in [2.24, 2.45) is 0 Å². The third kappa shape index (κ3) is 2.64. The van der Waals surface area contributed by atoms with E-state index in [4.69, 9.17) is 0 Å². The fourth-order valence-electron chi connectivity index (χ4n) is 1.66. The van der Waals surface area contributed by atoms with E-state index in [1.165, 1.54) is 24.3 Å². The molecule has 0 saturated heterocycles. The van der Waals surface area contributed by atoms with Crippen LogP contribution < -0.4 is 0 Å². The Morgan fingerprint density at radius 2 is 2.20 bits per heavy atom. The lowest BCUT2D eigenvalue weighted by atomic mass is 10.3. The summed E-state index contributed by atoms with van der Waals surface area (Å²) in [6.07, 6.45) is -2.52. The third-order valence-corrected chi connectivity index (χ3v) is 3.54. The second-order valence-corrected chi connectivity index (χ2v) is 4.90. The van der Waals surface area contributed by atoms with Crippen LogP contribution in [0.5, 0.6) is 0 Å². The first-order valence-corrected chi connectivity index (χ1v) is 6.41. The van der Waals surface area contributed by atoms with Gasteiger partial charge in [0.25, 0.3) is 0 Å². The van der Waals surface area contributed by atoms with Crippen LogP contribution in [0.25, 0.3) is 6.08 Å². The van der Waals surface area contributed by atoms with Gasteiger partial charge in [0.1, 0.15) is 5.01 Å². The molecule has 0 spiro atoms. The third-order valence-electron chi connectivity index (χ3n) is 2.61. The van der Waals surface area contributed by atoms with Gasteiger partial charge in [0.05, 0.1) is 5.69 Å². The van der Waals surface area contributed by atoms with Gasteiger partial charge in [-0.25, -0.2) is 4.98 Å². The van der Waals surface area contributed by atoms with E-state index >= 15 is 0 Å². The lowest BCUT2D eigenvalue weighted by molar-refractivity contribution is -0.141. The molecule has 2 heterocycles. The van der Waals surface area contributed by atoms with Crippen molar-refractivity contribution in [3.63, 3.8) is 0 Å². The monoisotopic (exact) mass is 301 g/mol. The fourth-order valence-corrected chi connectivity index (χ4v) is 2.50. The molecule has 0 N–H and O–H groups in total. The number of aryl methyl sites for hydroxylation is 1. The first-order chi connectivity index (χ1) is 9.36. The van der Waals surface area contributed by atoms with Crippen LogP contribution >= 0.6 is 11.3 Å².